The van der Waals surface area contributed by atoms with Gasteiger partial charge in [0.2, 0.25) is 11.8 Å². The van der Waals surface area contributed by atoms with Gasteiger partial charge in [-0.3, -0.25) is 9.59 Å². The number of anilines is 2. The Labute approximate surface area is 153 Å². The number of carbonyl (C=O) groups is 2. The second kappa shape index (κ2) is 9.28. The first-order valence-electron chi connectivity index (χ1n) is 8.36. The van der Waals surface area contributed by atoms with Gasteiger partial charge in [-0.05, 0) is 49.2 Å². The van der Waals surface area contributed by atoms with Gasteiger partial charge in [0, 0.05) is 22.7 Å². The molecule has 0 saturated carbocycles. The topological polar surface area (TPSA) is 58.2 Å². The number of amides is 2. The molecule has 1 unspecified atom stereocenters. The standard InChI is InChI=1S/C20H24N2O2S/c1-14(2)13-19(23)21-16-9-11-17(12-10-16)22-20(24)15(3)25-18-7-5-4-6-8-18/h4-12,14-15H,13H2,1-3H3,(H,21,23)(H,22,24). The Balaban J connectivity index is 1.87. The van der Waals surface area contributed by atoms with Crippen molar-refractivity contribution in [2.75, 3.05) is 10.6 Å². The summed E-state index contributed by atoms with van der Waals surface area (Å²) in [6, 6.07) is 17.0. The van der Waals surface area contributed by atoms with Crippen LogP contribution in [0, 0.1) is 5.92 Å². The Kier molecular flexibility index (Phi) is 7.07. The highest BCUT2D eigenvalue weighted by atomic mass is 32.2. The molecule has 2 amide bonds. The summed E-state index contributed by atoms with van der Waals surface area (Å²) >= 11 is 1.52. The first kappa shape index (κ1) is 19.1. The molecule has 0 aliphatic heterocycles. The van der Waals surface area contributed by atoms with Crippen LogP contribution in [0.2, 0.25) is 0 Å². The normalized spacial score (nSPS) is 11.8. The van der Waals surface area contributed by atoms with Crippen molar-refractivity contribution in [3.8, 4) is 0 Å². The van der Waals surface area contributed by atoms with Gasteiger partial charge in [0.05, 0.1) is 5.25 Å². The van der Waals surface area contributed by atoms with Gasteiger partial charge in [-0.1, -0.05) is 32.0 Å². The molecule has 2 N–H and O–H groups in total. The number of hydrogen-bond acceptors (Lipinski definition) is 3. The molecule has 25 heavy (non-hydrogen) atoms. The second-order valence-electron chi connectivity index (χ2n) is 6.29. The summed E-state index contributed by atoms with van der Waals surface area (Å²) in [4.78, 5) is 25.1. The Hall–Kier alpha value is -2.27. The van der Waals surface area contributed by atoms with Crippen LogP contribution in [0.3, 0.4) is 0 Å². The zero-order valence-corrected chi connectivity index (χ0v) is 15.6. The molecule has 0 heterocycles. The third kappa shape index (κ3) is 6.63. The highest BCUT2D eigenvalue weighted by Crippen LogP contribution is 2.24. The second-order valence-corrected chi connectivity index (χ2v) is 7.70. The van der Waals surface area contributed by atoms with Crippen molar-refractivity contribution in [1.29, 1.82) is 0 Å². The minimum absolute atomic E-state index is 0.000307. The van der Waals surface area contributed by atoms with Crippen molar-refractivity contribution in [1.82, 2.24) is 0 Å². The molecule has 2 aromatic rings. The Morgan fingerprint density at radius 2 is 1.44 bits per heavy atom. The molecule has 0 aromatic heterocycles. The Morgan fingerprint density at radius 1 is 0.880 bits per heavy atom. The molecule has 132 valence electrons. The summed E-state index contributed by atoms with van der Waals surface area (Å²) in [7, 11) is 0. The van der Waals surface area contributed by atoms with Crippen LogP contribution < -0.4 is 10.6 Å². The Bertz CT molecular complexity index is 699. The van der Waals surface area contributed by atoms with Crippen molar-refractivity contribution in [3.63, 3.8) is 0 Å². The van der Waals surface area contributed by atoms with Crippen LogP contribution in [0.5, 0.6) is 0 Å². The summed E-state index contributed by atoms with van der Waals surface area (Å²) in [6.45, 7) is 5.90. The molecular formula is C20H24N2O2S. The molecule has 1 atom stereocenters. The van der Waals surface area contributed by atoms with Gasteiger partial charge in [0.1, 0.15) is 0 Å². The number of nitrogens with one attached hydrogen (secondary N) is 2. The largest absolute Gasteiger partial charge is 0.326 e. The lowest BCUT2D eigenvalue weighted by Gasteiger charge is -2.13. The lowest BCUT2D eigenvalue weighted by atomic mass is 10.1. The van der Waals surface area contributed by atoms with E-state index in [0.717, 1.165) is 10.6 Å². The zero-order chi connectivity index (χ0) is 18.2. The van der Waals surface area contributed by atoms with Crippen LogP contribution in [0.25, 0.3) is 0 Å². The van der Waals surface area contributed by atoms with Crippen LogP contribution in [-0.4, -0.2) is 17.1 Å². The van der Waals surface area contributed by atoms with E-state index in [2.05, 4.69) is 10.6 Å². The van der Waals surface area contributed by atoms with Crippen LogP contribution in [0.1, 0.15) is 27.2 Å². The predicted octanol–water partition coefficient (Wildman–Crippen LogP) is 4.79. The van der Waals surface area contributed by atoms with Crippen molar-refractivity contribution >= 4 is 35.0 Å². The van der Waals surface area contributed by atoms with Gasteiger partial charge in [-0.15, -0.1) is 11.8 Å². The number of carbonyl (C=O) groups excluding carboxylic acids is 2. The van der Waals surface area contributed by atoms with E-state index in [9.17, 15) is 9.59 Å². The fraction of sp³-hybridized carbons (Fsp3) is 0.300. The lowest BCUT2D eigenvalue weighted by Crippen LogP contribution is -2.22. The van der Waals surface area contributed by atoms with E-state index in [1.54, 1.807) is 24.3 Å². The molecular weight excluding hydrogens is 332 g/mol. The van der Waals surface area contributed by atoms with E-state index in [-0.39, 0.29) is 17.1 Å². The van der Waals surface area contributed by atoms with Gasteiger partial charge < -0.3 is 10.6 Å². The maximum atomic E-state index is 12.3. The number of thioether (sulfide) groups is 1. The average molecular weight is 356 g/mol. The third-order valence-electron chi connectivity index (χ3n) is 3.46. The molecule has 2 rings (SSSR count). The smallest absolute Gasteiger partial charge is 0.237 e. The monoisotopic (exact) mass is 356 g/mol. The van der Waals surface area contributed by atoms with Crippen LogP contribution >= 0.6 is 11.8 Å². The minimum atomic E-state index is -0.201. The summed E-state index contributed by atoms with van der Waals surface area (Å²) in [5.74, 6) is 0.271. The summed E-state index contributed by atoms with van der Waals surface area (Å²) in [5, 5.41) is 5.55. The highest BCUT2D eigenvalue weighted by Gasteiger charge is 2.14. The number of rotatable bonds is 7. The van der Waals surface area contributed by atoms with Gasteiger partial charge in [0.25, 0.3) is 0 Å². The first-order valence-corrected chi connectivity index (χ1v) is 9.24. The van der Waals surface area contributed by atoms with Gasteiger partial charge in [-0.25, -0.2) is 0 Å². The number of benzene rings is 2. The SMILES string of the molecule is CC(C)CC(=O)Nc1ccc(NC(=O)C(C)Sc2ccccc2)cc1. The van der Waals surface area contributed by atoms with E-state index in [4.69, 9.17) is 0 Å². The quantitative estimate of drug-likeness (QED) is 0.701. The first-order chi connectivity index (χ1) is 11.9. The fourth-order valence-corrected chi connectivity index (χ4v) is 3.11. The van der Waals surface area contributed by atoms with Gasteiger partial charge >= 0.3 is 0 Å². The molecule has 0 spiro atoms. The molecule has 0 aliphatic carbocycles. The van der Waals surface area contributed by atoms with Crippen LogP contribution in [0.4, 0.5) is 11.4 Å². The van der Waals surface area contributed by atoms with E-state index in [1.165, 1.54) is 11.8 Å². The molecule has 0 radical (unpaired) electrons. The van der Waals surface area contributed by atoms with Crippen LogP contribution in [-0.2, 0) is 9.59 Å². The van der Waals surface area contributed by atoms with Crippen molar-refractivity contribution in [2.24, 2.45) is 5.92 Å². The van der Waals surface area contributed by atoms with E-state index < -0.39 is 0 Å². The van der Waals surface area contributed by atoms with Gasteiger partial charge in [0.15, 0.2) is 0 Å². The molecule has 0 bridgehead atoms. The van der Waals surface area contributed by atoms with Crippen molar-refractivity contribution in [2.45, 2.75) is 37.3 Å². The zero-order valence-electron chi connectivity index (χ0n) is 14.8. The molecule has 0 fully saturated rings. The van der Waals surface area contributed by atoms with Gasteiger partial charge in [-0.2, -0.15) is 0 Å². The predicted molar refractivity (Wildman–Crippen MR) is 105 cm³/mol. The fourth-order valence-electron chi connectivity index (χ4n) is 2.22. The van der Waals surface area contributed by atoms with E-state index in [0.29, 0.717) is 18.0 Å². The Morgan fingerprint density at radius 3 is 2.00 bits per heavy atom. The van der Waals surface area contributed by atoms with Crippen molar-refractivity contribution < 1.29 is 9.59 Å². The molecule has 0 saturated heterocycles. The highest BCUT2D eigenvalue weighted by molar-refractivity contribution is 8.00. The molecule has 0 aliphatic rings. The van der Waals surface area contributed by atoms with Crippen LogP contribution in [0.15, 0.2) is 59.5 Å². The average Bonchev–Trinajstić information content (AvgIpc) is 2.56. The minimum Gasteiger partial charge on any atom is -0.326 e. The maximum absolute atomic E-state index is 12.3. The summed E-state index contributed by atoms with van der Waals surface area (Å²) < 4.78 is 0. The van der Waals surface area contributed by atoms with E-state index in [1.807, 2.05) is 51.1 Å². The molecule has 4 nitrogen and oxygen atoms in total. The van der Waals surface area contributed by atoms with E-state index >= 15 is 0 Å². The number of hydrogen-bond donors (Lipinski definition) is 2. The lowest BCUT2D eigenvalue weighted by molar-refractivity contribution is -0.117. The molecule has 5 heteroatoms. The molecule has 2 aromatic carbocycles. The third-order valence-corrected chi connectivity index (χ3v) is 4.57. The summed E-state index contributed by atoms with van der Waals surface area (Å²) in [6.07, 6.45) is 0.493. The van der Waals surface area contributed by atoms with Crippen molar-refractivity contribution in [3.05, 3.63) is 54.6 Å². The summed E-state index contributed by atoms with van der Waals surface area (Å²) in [5.41, 5.74) is 1.45. The maximum Gasteiger partial charge on any atom is 0.237 e.